The molecule has 2 N–H and O–H groups in total. The van der Waals surface area contributed by atoms with E-state index in [1.165, 1.54) is 0 Å². The van der Waals surface area contributed by atoms with Gasteiger partial charge in [0.1, 0.15) is 0 Å². The SMILES string of the molecule is O=C(O)CCCS(=O)(=O)NCCc1ccc(Cl)cc1Cl. The summed E-state index contributed by atoms with van der Waals surface area (Å²) in [5, 5.41) is 9.46. The van der Waals surface area contributed by atoms with Gasteiger partial charge in [0.05, 0.1) is 5.75 Å². The first-order valence-corrected chi connectivity index (χ1v) is 8.34. The Morgan fingerprint density at radius 3 is 2.60 bits per heavy atom. The summed E-state index contributed by atoms with van der Waals surface area (Å²) in [6.07, 6.45) is 0.366. The lowest BCUT2D eigenvalue weighted by Crippen LogP contribution is -2.28. The maximum Gasteiger partial charge on any atom is 0.303 e. The molecular formula is C12H15Cl2NO4S. The van der Waals surface area contributed by atoms with Crippen molar-refractivity contribution in [1.82, 2.24) is 4.72 Å². The van der Waals surface area contributed by atoms with Crippen LogP contribution in [0.3, 0.4) is 0 Å². The van der Waals surface area contributed by atoms with E-state index in [1.54, 1.807) is 18.2 Å². The van der Waals surface area contributed by atoms with Crippen molar-refractivity contribution < 1.29 is 18.3 Å². The van der Waals surface area contributed by atoms with Crippen LogP contribution in [0, 0.1) is 0 Å². The van der Waals surface area contributed by atoms with Crippen LogP contribution in [0.5, 0.6) is 0 Å². The van der Waals surface area contributed by atoms with Crippen LogP contribution in [-0.2, 0) is 21.2 Å². The second-order valence-electron chi connectivity index (χ2n) is 4.20. The molecule has 1 rings (SSSR count). The molecule has 0 atom stereocenters. The van der Waals surface area contributed by atoms with Gasteiger partial charge in [0.15, 0.2) is 0 Å². The molecule has 112 valence electrons. The van der Waals surface area contributed by atoms with Gasteiger partial charge in [-0.3, -0.25) is 4.79 Å². The highest BCUT2D eigenvalue weighted by molar-refractivity contribution is 7.89. The normalized spacial score (nSPS) is 11.5. The highest BCUT2D eigenvalue weighted by Crippen LogP contribution is 2.21. The Labute approximate surface area is 127 Å². The molecular weight excluding hydrogens is 325 g/mol. The van der Waals surface area contributed by atoms with E-state index in [0.29, 0.717) is 16.5 Å². The molecule has 0 spiro atoms. The van der Waals surface area contributed by atoms with E-state index < -0.39 is 16.0 Å². The third kappa shape index (κ3) is 6.56. The first-order valence-electron chi connectivity index (χ1n) is 5.93. The summed E-state index contributed by atoms with van der Waals surface area (Å²) in [5.74, 6) is -1.21. The van der Waals surface area contributed by atoms with Crippen LogP contribution in [0.2, 0.25) is 10.0 Å². The molecule has 0 saturated carbocycles. The highest BCUT2D eigenvalue weighted by Gasteiger charge is 2.11. The summed E-state index contributed by atoms with van der Waals surface area (Å²) in [7, 11) is -3.45. The number of halogens is 2. The molecule has 20 heavy (non-hydrogen) atoms. The van der Waals surface area contributed by atoms with Crippen LogP contribution in [0.1, 0.15) is 18.4 Å². The number of hydrogen-bond donors (Lipinski definition) is 2. The van der Waals surface area contributed by atoms with Gasteiger partial charge in [0.2, 0.25) is 10.0 Å². The largest absolute Gasteiger partial charge is 0.481 e. The monoisotopic (exact) mass is 339 g/mol. The molecule has 1 aromatic carbocycles. The quantitative estimate of drug-likeness (QED) is 0.761. The summed E-state index contributed by atoms with van der Waals surface area (Å²) in [6, 6.07) is 5.02. The molecule has 0 fully saturated rings. The molecule has 0 bridgehead atoms. The number of carbonyl (C=O) groups is 1. The minimum absolute atomic E-state index is 0.0897. The van der Waals surface area contributed by atoms with Crippen molar-refractivity contribution in [3.05, 3.63) is 33.8 Å². The fourth-order valence-electron chi connectivity index (χ4n) is 1.55. The Balaban J connectivity index is 2.41. The maximum absolute atomic E-state index is 11.6. The van der Waals surface area contributed by atoms with Crippen LogP contribution in [-0.4, -0.2) is 31.8 Å². The number of carboxylic acid groups (broad SMARTS) is 1. The Hall–Kier alpha value is -0.820. The van der Waals surface area contributed by atoms with Crippen LogP contribution < -0.4 is 4.72 Å². The van der Waals surface area contributed by atoms with Gasteiger partial charge in [0, 0.05) is 23.0 Å². The first kappa shape index (κ1) is 17.2. The van der Waals surface area contributed by atoms with Gasteiger partial charge < -0.3 is 5.11 Å². The molecule has 0 unspecified atom stereocenters. The van der Waals surface area contributed by atoms with Gasteiger partial charge in [-0.2, -0.15) is 0 Å². The van der Waals surface area contributed by atoms with E-state index in [9.17, 15) is 13.2 Å². The van der Waals surface area contributed by atoms with Gasteiger partial charge in [0.25, 0.3) is 0 Å². The van der Waals surface area contributed by atoms with E-state index in [1.807, 2.05) is 0 Å². The average molecular weight is 340 g/mol. The Kier molecular flexibility index (Phi) is 6.75. The van der Waals surface area contributed by atoms with Crippen molar-refractivity contribution in [2.45, 2.75) is 19.3 Å². The fraction of sp³-hybridized carbons (Fsp3) is 0.417. The van der Waals surface area contributed by atoms with Gasteiger partial charge >= 0.3 is 5.97 Å². The van der Waals surface area contributed by atoms with Crippen LogP contribution in [0.25, 0.3) is 0 Å². The minimum Gasteiger partial charge on any atom is -0.481 e. The molecule has 0 saturated heterocycles. The van der Waals surface area contributed by atoms with E-state index in [2.05, 4.69) is 4.72 Å². The summed E-state index contributed by atoms with van der Waals surface area (Å²) in [5.41, 5.74) is 0.796. The van der Waals surface area contributed by atoms with Gasteiger partial charge in [-0.05, 0) is 30.5 Å². The molecule has 0 aliphatic heterocycles. The predicted molar refractivity (Wildman–Crippen MR) is 78.8 cm³/mol. The lowest BCUT2D eigenvalue weighted by atomic mass is 10.1. The second kappa shape index (κ2) is 7.83. The lowest BCUT2D eigenvalue weighted by molar-refractivity contribution is -0.137. The summed E-state index contributed by atoms with van der Waals surface area (Å²) in [4.78, 5) is 10.3. The topological polar surface area (TPSA) is 83.5 Å². The van der Waals surface area contributed by atoms with Crippen LogP contribution >= 0.6 is 23.2 Å². The van der Waals surface area contributed by atoms with E-state index in [0.717, 1.165) is 5.56 Å². The van der Waals surface area contributed by atoms with E-state index >= 15 is 0 Å². The van der Waals surface area contributed by atoms with Gasteiger partial charge in [-0.1, -0.05) is 29.3 Å². The summed E-state index contributed by atoms with van der Waals surface area (Å²) >= 11 is 11.7. The van der Waals surface area contributed by atoms with Crippen molar-refractivity contribution in [2.75, 3.05) is 12.3 Å². The number of benzene rings is 1. The molecule has 0 heterocycles. The lowest BCUT2D eigenvalue weighted by Gasteiger charge is -2.07. The Bertz CT molecular complexity index is 575. The molecule has 1 aromatic rings. The molecule has 0 amide bonds. The van der Waals surface area contributed by atoms with Crippen molar-refractivity contribution in [3.63, 3.8) is 0 Å². The smallest absolute Gasteiger partial charge is 0.303 e. The maximum atomic E-state index is 11.6. The molecule has 5 nitrogen and oxygen atoms in total. The number of rotatable bonds is 8. The number of nitrogens with one attached hydrogen (secondary N) is 1. The predicted octanol–water partition coefficient (Wildman–Crippen LogP) is 2.32. The zero-order valence-electron chi connectivity index (χ0n) is 10.6. The zero-order valence-corrected chi connectivity index (χ0v) is 12.9. The molecule has 8 heteroatoms. The summed E-state index contributed by atoms with van der Waals surface area (Å²) < 4.78 is 25.6. The van der Waals surface area contributed by atoms with E-state index in [4.69, 9.17) is 28.3 Å². The fourth-order valence-corrected chi connectivity index (χ4v) is 3.14. The Morgan fingerprint density at radius 1 is 1.30 bits per heavy atom. The van der Waals surface area contributed by atoms with E-state index in [-0.39, 0.29) is 25.1 Å². The Morgan fingerprint density at radius 2 is 2.00 bits per heavy atom. The molecule has 0 radical (unpaired) electrons. The zero-order chi connectivity index (χ0) is 15.2. The minimum atomic E-state index is -3.45. The third-order valence-electron chi connectivity index (χ3n) is 2.54. The highest BCUT2D eigenvalue weighted by atomic mass is 35.5. The molecule has 0 aromatic heterocycles. The number of sulfonamides is 1. The van der Waals surface area contributed by atoms with Crippen molar-refractivity contribution in [2.24, 2.45) is 0 Å². The van der Waals surface area contributed by atoms with Gasteiger partial charge in [-0.15, -0.1) is 0 Å². The standard InChI is InChI=1S/C12H15Cl2NO4S/c13-10-4-3-9(11(14)8-10)5-6-15-20(18,19)7-1-2-12(16)17/h3-4,8,15H,1-2,5-7H2,(H,16,17). The molecule has 0 aliphatic carbocycles. The number of aliphatic carboxylic acids is 1. The van der Waals surface area contributed by atoms with Crippen LogP contribution in [0.15, 0.2) is 18.2 Å². The van der Waals surface area contributed by atoms with Crippen molar-refractivity contribution >= 4 is 39.2 Å². The van der Waals surface area contributed by atoms with Crippen molar-refractivity contribution in [3.8, 4) is 0 Å². The average Bonchev–Trinajstić information content (AvgIpc) is 2.31. The number of carboxylic acids is 1. The molecule has 0 aliphatic rings. The summed E-state index contributed by atoms with van der Waals surface area (Å²) in [6.45, 7) is 0.205. The van der Waals surface area contributed by atoms with Crippen molar-refractivity contribution in [1.29, 1.82) is 0 Å². The second-order valence-corrected chi connectivity index (χ2v) is 6.97. The number of hydrogen-bond acceptors (Lipinski definition) is 3. The van der Waals surface area contributed by atoms with Crippen LogP contribution in [0.4, 0.5) is 0 Å². The van der Waals surface area contributed by atoms with Gasteiger partial charge in [-0.25, -0.2) is 13.1 Å². The third-order valence-corrected chi connectivity index (χ3v) is 4.59. The first-order chi connectivity index (χ1) is 9.30.